The van der Waals surface area contributed by atoms with Crippen LogP contribution in [0.2, 0.25) is 0 Å². The fourth-order valence-corrected chi connectivity index (χ4v) is 3.43. The first-order valence-electron chi connectivity index (χ1n) is 8.16. The molecule has 5 rings (SSSR count). The number of aromatic nitrogens is 1. The Labute approximate surface area is 148 Å². The van der Waals surface area contributed by atoms with Gasteiger partial charge in [-0.1, -0.05) is 0 Å². The maximum atomic E-state index is 12.7. The molecule has 6 heteroatoms. The summed E-state index contributed by atoms with van der Waals surface area (Å²) >= 11 is 0. The largest absolute Gasteiger partial charge is 0.497 e. The highest BCUT2D eigenvalue weighted by Gasteiger charge is 2.21. The first kappa shape index (κ1) is 14.9. The topological polar surface area (TPSA) is 62.8 Å². The second kappa shape index (κ2) is 5.29. The van der Waals surface area contributed by atoms with Gasteiger partial charge in [0.05, 0.1) is 23.5 Å². The van der Waals surface area contributed by atoms with Crippen LogP contribution in [0.1, 0.15) is 0 Å². The molecule has 0 atom stereocenters. The Bertz CT molecular complexity index is 1220. The number of rotatable bonds is 2. The highest BCUT2D eigenvalue weighted by atomic mass is 16.7. The van der Waals surface area contributed by atoms with Gasteiger partial charge in [0.1, 0.15) is 11.5 Å². The van der Waals surface area contributed by atoms with Gasteiger partial charge in [0.2, 0.25) is 6.79 Å². The summed E-state index contributed by atoms with van der Waals surface area (Å²) in [7, 11) is 3.53. The van der Waals surface area contributed by atoms with Gasteiger partial charge in [-0.2, -0.15) is 0 Å². The Morgan fingerprint density at radius 3 is 2.46 bits per heavy atom. The first-order chi connectivity index (χ1) is 12.7. The second-order valence-electron chi connectivity index (χ2n) is 6.17. The van der Waals surface area contributed by atoms with E-state index in [0.29, 0.717) is 22.6 Å². The minimum atomic E-state index is -0.377. The van der Waals surface area contributed by atoms with Crippen molar-refractivity contribution in [1.29, 1.82) is 0 Å². The van der Waals surface area contributed by atoms with E-state index in [-0.39, 0.29) is 12.4 Å². The van der Waals surface area contributed by atoms with E-state index in [0.717, 1.165) is 27.7 Å². The fourth-order valence-electron chi connectivity index (χ4n) is 3.43. The summed E-state index contributed by atoms with van der Waals surface area (Å²) < 4.78 is 23.7. The van der Waals surface area contributed by atoms with Gasteiger partial charge in [0.25, 0.3) is 0 Å². The SMILES string of the molecule is COc1ccc(-c2cc3c(c(=O)o2)c2cc4c(cc2n3C)OCO4)cc1. The van der Waals surface area contributed by atoms with Gasteiger partial charge < -0.3 is 23.2 Å². The van der Waals surface area contributed by atoms with Crippen molar-refractivity contribution in [3.63, 3.8) is 0 Å². The number of aryl methyl sites for hydroxylation is 1. The highest BCUT2D eigenvalue weighted by molar-refractivity contribution is 6.09. The molecule has 0 N–H and O–H groups in total. The summed E-state index contributed by atoms with van der Waals surface area (Å²) in [6.07, 6.45) is 0. The minimum Gasteiger partial charge on any atom is -0.497 e. The van der Waals surface area contributed by atoms with Crippen LogP contribution in [0.4, 0.5) is 0 Å². The molecule has 0 fully saturated rings. The lowest BCUT2D eigenvalue weighted by Gasteiger charge is -2.04. The Kier molecular flexibility index (Phi) is 3.03. The number of hydrogen-bond donors (Lipinski definition) is 0. The predicted molar refractivity (Wildman–Crippen MR) is 97.1 cm³/mol. The zero-order valence-electron chi connectivity index (χ0n) is 14.2. The Morgan fingerprint density at radius 2 is 1.73 bits per heavy atom. The first-order valence-corrected chi connectivity index (χ1v) is 8.16. The van der Waals surface area contributed by atoms with E-state index in [4.69, 9.17) is 18.6 Å². The third kappa shape index (κ3) is 2.02. The van der Waals surface area contributed by atoms with Crippen molar-refractivity contribution >= 4 is 21.8 Å². The molecule has 0 unspecified atom stereocenters. The van der Waals surface area contributed by atoms with Gasteiger partial charge in [0, 0.05) is 30.1 Å². The van der Waals surface area contributed by atoms with Crippen LogP contribution in [-0.2, 0) is 7.05 Å². The average Bonchev–Trinajstić information content (AvgIpc) is 3.23. The summed E-state index contributed by atoms with van der Waals surface area (Å²) in [5.41, 5.74) is 2.12. The summed E-state index contributed by atoms with van der Waals surface area (Å²) in [4.78, 5) is 12.7. The molecule has 0 spiro atoms. The third-order valence-corrected chi connectivity index (χ3v) is 4.79. The molecule has 1 aliphatic rings. The number of hydrogen-bond acceptors (Lipinski definition) is 5. The molecule has 0 bridgehead atoms. The summed E-state index contributed by atoms with van der Waals surface area (Å²) in [5, 5.41) is 1.33. The predicted octanol–water partition coefficient (Wildman–Crippen LogP) is 3.69. The van der Waals surface area contributed by atoms with E-state index >= 15 is 0 Å². The molecular weight excluding hydrogens is 334 g/mol. The van der Waals surface area contributed by atoms with Gasteiger partial charge in [-0.15, -0.1) is 0 Å². The lowest BCUT2D eigenvalue weighted by Crippen LogP contribution is -2.00. The van der Waals surface area contributed by atoms with E-state index in [1.165, 1.54) is 0 Å². The molecule has 0 saturated heterocycles. The molecule has 0 radical (unpaired) electrons. The molecule has 130 valence electrons. The number of benzene rings is 2. The molecule has 0 saturated carbocycles. The van der Waals surface area contributed by atoms with Crippen molar-refractivity contribution in [2.75, 3.05) is 13.9 Å². The molecule has 6 nitrogen and oxygen atoms in total. The van der Waals surface area contributed by atoms with Crippen molar-refractivity contribution in [2.45, 2.75) is 0 Å². The number of nitrogens with zero attached hydrogens (tertiary/aromatic N) is 1. The molecule has 2 aromatic carbocycles. The zero-order chi connectivity index (χ0) is 17.8. The number of methoxy groups -OCH3 is 1. The molecule has 26 heavy (non-hydrogen) atoms. The van der Waals surface area contributed by atoms with Crippen LogP contribution in [0, 0.1) is 0 Å². The molecule has 3 heterocycles. The molecule has 0 aliphatic carbocycles. The zero-order valence-corrected chi connectivity index (χ0v) is 14.2. The van der Waals surface area contributed by atoms with Gasteiger partial charge in [-0.05, 0) is 30.3 Å². The van der Waals surface area contributed by atoms with Crippen LogP contribution >= 0.6 is 0 Å². The Morgan fingerprint density at radius 1 is 1.00 bits per heavy atom. The van der Waals surface area contributed by atoms with E-state index in [2.05, 4.69) is 0 Å². The van der Waals surface area contributed by atoms with Gasteiger partial charge in [-0.25, -0.2) is 4.79 Å². The Hall–Kier alpha value is -3.41. The molecule has 4 aromatic rings. The van der Waals surface area contributed by atoms with Crippen LogP contribution in [0.25, 0.3) is 33.1 Å². The van der Waals surface area contributed by atoms with E-state index in [1.807, 2.05) is 54.1 Å². The summed E-state index contributed by atoms with van der Waals surface area (Å²) in [6, 6.07) is 13.0. The summed E-state index contributed by atoms with van der Waals surface area (Å²) in [6.45, 7) is 0.194. The van der Waals surface area contributed by atoms with Crippen molar-refractivity contribution < 1.29 is 18.6 Å². The second-order valence-corrected chi connectivity index (χ2v) is 6.17. The Balaban J connectivity index is 1.78. The lowest BCUT2D eigenvalue weighted by molar-refractivity contribution is 0.174. The smallest absolute Gasteiger partial charge is 0.346 e. The van der Waals surface area contributed by atoms with Crippen LogP contribution in [-0.4, -0.2) is 18.5 Å². The van der Waals surface area contributed by atoms with E-state index in [9.17, 15) is 4.79 Å². The van der Waals surface area contributed by atoms with E-state index < -0.39 is 0 Å². The van der Waals surface area contributed by atoms with Gasteiger partial charge in [0.15, 0.2) is 11.5 Å². The van der Waals surface area contributed by atoms with Crippen molar-refractivity contribution in [1.82, 2.24) is 4.57 Å². The van der Waals surface area contributed by atoms with Crippen molar-refractivity contribution in [3.05, 3.63) is 52.9 Å². The van der Waals surface area contributed by atoms with Gasteiger partial charge >= 0.3 is 5.63 Å². The molecule has 2 aromatic heterocycles. The average molecular weight is 349 g/mol. The molecule has 1 aliphatic heterocycles. The third-order valence-electron chi connectivity index (χ3n) is 4.79. The van der Waals surface area contributed by atoms with Crippen LogP contribution in [0.3, 0.4) is 0 Å². The molecular formula is C20H15NO5. The normalized spacial score (nSPS) is 12.8. The van der Waals surface area contributed by atoms with Crippen LogP contribution in [0.15, 0.2) is 51.7 Å². The summed E-state index contributed by atoms with van der Waals surface area (Å²) in [5.74, 6) is 2.58. The number of fused-ring (bicyclic) bond motifs is 4. The fraction of sp³-hybridized carbons (Fsp3) is 0.150. The van der Waals surface area contributed by atoms with Crippen molar-refractivity contribution in [2.24, 2.45) is 7.05 Å². The van der Waals surface area contributed by atoms with Crippen molar-refractivity contribution in [3.8, 4) is 28.6 Å². The quantitative estimate of drug-likeness (QED) is 0.552. The highest BCUT2D eigenvalue weighted by Crippen LogP contribution is 2.39. The van der Waals surface area contributed by atoms with Gasteiger partial charge in [-0.3, -0.25) is 0 Å². The lowest BCUT2D eigenvalue weighted by atomic mass is 10.1. The maximum Gasteiger partial charge on any atom is 0.346 e. The monoisotopic (exact) mass is 349 g/mol. The minimum absolute atomic E-state index is 0.194. The van der Waals surface area contributed by atoms with E-state index in [1.54, 1.807) is 7.11 Å². The van der Waals surface area contributed by atoms with Crippen LogP contribution < -0.4 is 19.8 Å². The maximum absolute atomic E-state index is 12.7. The number of ether oxygens (including phenoxy) is 3. The van der Waals surface area contributed by atoms with Crippen LogP contribution in [0.5, 0.6) is 17.2 Å². The molecule has 0 amide bonds. The standard InChI is InChI=1S/C20H15NO5/c1-21-14-8-18-17(24-10-25-18)7-13(14)19-15(21)9-16(26-20(19)22)11-3-5-12(23-2)6-4-11/h3-9H,10H2,1-2H3.